The lowest BCUT2D eigenvalue weighted by Gasteiger charge is -2.13. The average Bonchev–Trinajstić information content (AvgIpc) is 2.53. The molecule has 0 saturated heterocycles. The normalized spacial score (nSPS) is 10.5. The van der Waals surface area contributed by atoms with Gasteiger partial charge in [-0.2, -0.15) is 11.8 Å². The van der Waals surface area contributed by atoms with Gasteiger partial charge in [-0.15, -0.1) is 0 Å². The van der Waals surface area contributed by atoms with Crippen molar-refractivity contribution >= 4 is 34.8 Å². The number of nitrogens with one attached hydrogen (secondary N) is 2. The maximum absolute atomic E-state index is 5.37. The van der Waals surface area contributed by atoms with Gasteiger partial charge in [0.2, 0.25) is 0 Å². The average molecular weight is 359 g/mol. The van der Waals surface area contributed by atoms with Crippen LogP contribution < -0.4 is 10.6 Å². The van der Waals surface area contributed by atoms with Crippen molar-refractivity contribution in [1.82, 2.24) is 5.32 Å². The largest absolute Gasteiger partial charge is 0.362 e. The van der Waals surface area contributed by atoms with E-state index in [0.717, 1.165) is 30.2 Å². The Hall–Kier alpha value is -1.52. The molecule has 0 radical (unpaired) electrons. The Labute approximate surface area is 155 Å². The molecule has 0 heterocycles. The van der Waals surface area contributed by atoms with Crippen LogP contribution in [0.15, 0.2) is 42.5 Å². The molecule has 0 aromatic heterocycles. The standard InChI is InChI=1S/C20H26N2S2/c1-15-6-4-7-18(13-15)14-24-11-5-10-21-20(23)22-19-9-8-16(2)12-17(19)3/h4,6-9,12-13H,5,10-11,14H2,1-3H3,(H2,21,22,23). The van der Waals surface area contributed by atoms with Crippen LogP contribution in [0.25, 0.3) is 0 Å². The number of rotatable bonds is 7. The van der Waals surface area contributed by atoms with Gasteiger partial charge in [0.05, 0.1) is 0 Å². The van der Waals surface area contributed by atoms with Crippen LogP contribution in [0.3, 0.4) is 0 Å². The maximum atomic E-state index is 5.37. The fraction of sp³-hybridized carbons (Fsp3) is 0.350. The number of thioether (sulfide) groups is 1. The summed E-state index contributed by atoms with van der Waals surface area (Å²) in [4.78, 5) is 0. The summed E-state index contributed by atoms with van der Waals surface area (Å²) < 4.78 is 0. The molecule has 0 amide bonds. The maximum Gasteiger partial charge on any atom is 0.170 e. The first-order valence-electron chi connectivity index (χ1n) is 8.30. The Morgan fingerprint density at radius 3 is 2.58 bits per heavy atom. The van der Waals surface area contributed by atoms with Crippen LogP contribution in [0.4, 0.5) is 5.69 Å². The molecule has 0 fully saturated rings. The van der Waals surface area contributed by atoms with Crippen LogP contribution in [0.2, 0.25) is 0 Å². The molecule has 4 heteroatoms. The first-order valence-corrected chi connectivity index (χ1v) is 9.86. The summed E-state index contributed by atoms with van der Waals surface area (Å²) in [5.41, 5.74) is 6.29. The van der Waals surface area contributed by atoms with Crippen LogP contribution >= 0.6 is 24.0 Å². The SMILES string of the molecule is Cc1cccc(CSCCCNC(=S)Nc2ccc(C)cc2C)c1. The molecule has 0 aliphatic carbocycles. The van der Waals surface area contributed by atoms with E-state index in [1.165, 1.54) is 22.3 Å². The first kappa shape index (κ1) is 18.8. The van der Waals surface area contributed by atoms with E-state index in [9.17, 15) is 0 Å². The highest BCUT2D eigenvalue weighted by atomic mass is 32.2. The van der Waals surface area contributed by atoms with Gasteiger partial charge in [0.1, 0.15) is 0 Å². The zero-order valence-corrected chi connectivity index (χ0v) is 16.3. The van der Waals surface area contributed by atoms with Crippen LogP contribution in [-0.2, 0) is 5.75 Å². The van der Waals surface area contributed by atoms with Gasteiger partial charge < -0.3 is 10.6 Å². The smallest absolute Gasteiger partial charge is 0.170 e. The minimum Gasteiger partial charge on any atom is -0.362 e. The topological polar surface area (TPSA) is 24.1 Å². The summed E-state index contributed by atoms with van der Waals surface area (Å²) in [5.74, 6) is 2.21. The molecule has 2 nitrogen and oxygen atoms in total. The second-order valence-electron chi connectivity index (χ2n) is 6.09. The van der Waals surface area contributed by atoms with Crippen molar-refractivity contribution in [3.63, 3.8) is 0 Å². The first-order chi connectivity index (χ1) is 11.5. The molecule has 2 rings (SSSR count). The molecule has 2 aromatic rings. The molecule has 0 atom stereocenters. The van der Waals surface area contributed by atoms with Crippen LogP contribution in [0.5, 0.6) is 0 Å². The zero-order valence-electron chi connectivity index (χ0n) is 14.7. The molecule has 128 valence electrons. The lowest BCUT2D eigenvalue weighted by atomic mass is 10.1. The second kappa shape index (κ2) is 9.70. The fourth-order valence-electron chi connectivity index (χ4n) is 2.49. The highest BCUT2D eigenvalue weighted by Crippen LogP contribution is 2.16. The van der Waals surface area contributed by atoms with Crippen LogP contribution in [0, 0.1) is 20.8 Å². The molecule has 0 spiro atoms. The predicted molar refractivity (Wildman–Crippen MR) is 112 cm³/mol. The van der Waals surface area contributed by atoms with Gasteiger partial charge in [-0.1, -0.05) is 47.5 Å². The van der Waals surface area contributed by atoms with Crippen LogP contribution in [-0.4, -0.2) is 17.4 Å². The summed E-state index contributed by atoms with van der Waals surface area (Å²) in [7, 11) is 0. The van der Waals surface area contributed by atoms with Crippen molar-refractivity contribution in [2.24, 2.45) is 0 Å². The lowest BCUT2D eigenvalue weighted by molar-refractivity contribution is 0.854. The van der Waals surface area contributed by atoms with Crippen molar-refractivity contribution in [2.75, 3.05) is 17.6 Å². The van der Waals surface area contributed by atoms with Gasteiger partial charge >= 0.3 is 0 Å². The molecule has 0 unspecified atom stereocenters. The van der Waals surface area contributed by atoms with E-state index in [1.54, 1.807) is 0 Å². The van der Waals surface area contributed by atoms with E-state index in [0.29, 0.717) is 5.11 Å². The Morgan fingerprint density at radius 1 is 1.04 bits per heavy atom. The fourth-order valence-corrected chi connectivity index (χ4v) is 3.61. The second-order valence-corrected chi connectivity index (χ2v) is 7.61. The number of anilines is 1. The molecule has 24 heavy (non-hydrogen) atoms. The number of hydrogen-bond donors (Lipinski definition) is 2. The third-order valence-corrected chi connectivity index (χ3v) is 5.09. The van der Waals surface area contributed by atoms with Crippen molar-refractivity contribution < 1.29 is 0 Å². The third kappa shape index (κ3) is 6.54. The van der Waals surface area contributed by atoms with Crippen molar-refractivity contribution in [2.45, 2.75) is 32.9 Å². The van der Waals surface area contributed by atoms with Gasteiger partial charge in [0, 0.05) is 18.0 Å². The summed E-state index contributed by atoms with van der Waals surface area (Å²) >= 11 is 7.34. The van der Waals surface area contributed by atoms with E-state index in [2.05, 4.69) is 73.9 Å². The number of benzene rings is 2. The zero-order chi connectivity index (χ0) is 17.4. The van der Waals surface area contributed by atoms with Crippen molar-refractivity contribution in [1.29, 1.82) is 0 Å². The van der Waals surface area contributed by atoms with Gasteiger partial charge in [0.15, 0.2) is 5.11 Å². The molecule has 2 aromatic carbocycles. The van der Waals surface area contributed by atoms with Crippen LogP contribution in [0.1, 0.15) is 28.7 Å². The Morgan fingerprint density at radius 2 is 1.83 bits per heavy atom. The van der Waals surface area contributed by atoms with Gasteiger partial charge in [-0.05, 0) is 62.4 Å². The number of hydrogen-bond acceptors (Lipinski definition) is 2. The predicted octanol–water partition coefficient (Wildman–Crippen LogP) is 5.22. The van der Waals surface area contributed by atoms with E-state index < -0.39 is 0 Å². The molecule has 0 saturated carbocycles. The summed E-state index contributed by atoms with van der Waals surface area (Å²) in [6.45, 7) is 7.24. The highest BCUT2D eigenvalue weighted by Gasteiger charge is 2.01. The van der Waals surface area contributed by atoms with Gasteiger partial charge in [-0.25, -0.2) is 0 Å². The molecule has 0 aliphatic rings. The Kier molecular flexibility index (Phi) is 7.60. The third-order valence-electron chi connectivity index (χ3n) is 3.73. The monoisotopic (exact) mass is 358 g/mol. The molecule has 2 N–H and O–H groups in total. The van der Waals surface area contributed by atoms with E-state index in [-0.39, 0.29) is 0 Å². The Balaban J connectivity index is 1.61. The molecular formula is C20H26N2S2. The van der Waals surface area contributed by atoms with Crippen molar-refractivity contribution in [3.8, 4) is 0 Å². The van der Waals surface area contributed by atoms with Crippen molar-refractivity contribution in [3.05, 3.63) is 64.7 Å². The van der Waals surface area contributed by atoms with Gasteiger partial charge in [-0.3, -0.25) is 0 Å². The number of thiocarbonyl (C=S) groups is 1. The highest BCUT2D eigenvalue weighted by molar-refractivity contribution is 7.98. The number of aryl methyl sites for hydroxylation is 3. The lowest BCUT2D eigenvalue weighted by Crippen LogP contribution is -2.29. The molecular weight excluding hydrogens is 332 g/mol. The Bertz CT molecular complexity index is 683. The quantitative estimate of drug-likeness (QED) is 0.523. The van der Waals surface area contributed by atoms with Gasteiger partial charge in [0.25, 0.3) is 0 Å². The minimum absolute atomic E-state index is 0.700. The van der Waals surface area contributed by atoms with E-state index in [4.69, 9.17) is 12.2 Å². The molecule has 0 bridgehead atoms. The summed E-state index contributed by atoms with van der Waals surface area (Å²) in [6, 6.07) is 15.1. The summed E-state index contributed by atoms with van der Waals surface area (Å²) in [6.07, 6.45) is 1.10. The van der Waals surface area contributed by atoms with E-state index >= 15 is 0 Å². The summed E-state index contributed by atoms with van der Waals surface area (Å²) in [5, 5.41) is 7.26. The minimum atomic E-state index is 0.700. The van der Waals surface area contributed by atoms with E-state index in [1.807, 2.05) is 11.8 Å². The molecule has 0 aliphatic heterocycles.